The summed E-state index contributed by atoms with van der Waals surface area (Å²) < 4.78 is 33.2. The number of halogens is 2. The van der Waals surface area contributed by atoms with E-state index in [1.165, 1.54) is 12.1 Å². The number of hydrogen-bond acceptors (Lipinski definition) is 2. The van der Waals surface area contributed by atoms with Gasteiger partial charge in [0.2, 0.25) is 0 Å². The molecule has 1 fully saturated rings. The maximum absolute atomic E-state index is 13.9. The molecule has 1 aromatic rings. The van der Waals surface area contributed by atoms with Gasteiger partial charge in [0.25, 0.3) is 0 Å². The highest BCUT2D eigenvalue weighted by Crippen LogP contribution is 2.29. The first-order valence-electron chi connectivity index (χ1n) is 6.83. The van der Waals surface area contributed by atoms with Crippen LogP contribution in [0.4, 0.5) is 8.78 Å². The van der Waals surface area contributed by atoms with Gasteiger partial charge in [0.1, 0.15) is 11.6 Å². The molecule has 0 radical (unpaired) electrons. The minimum atomic E-state index is -0.415. The highest BCUT2D eigenvalue weighted by molar-refractivity contribution is 5.27. The predicted molar refractivity (Wildman–Crippen MR) is 71.1 cm³/mol. The Hall–Kier alpha value is -1.00. The van der Waals surface area contributed by atoms with Crippen LogP contribution >= 0.6 is 0 Å². The summed E-state index contributed by atoms with van der Waals surface area (Å²) in [5.41, 5.74) is 0.592. The van der Waals surface area contributed by atoms with Crippen molar-refractivity contribution in [3.8, 4) is 0 Å². The summed E-state index contributed by atoms with van der Waals surface area (Å²) in [6.45, 7) is 6.81. The first-order chi connectivity index (χ1) is 9.01. The Morgan fingerprint density at radius 1 is 1.26 bits per heavy atom. The molecule has 2 nitrogen and oxygen atoms in total. The minimum Gasteiger partial charge on any atom is -0.370 e. The van der Waals surface area contributed by atoms with Crippen molar-refractivity contribution in [3.63, 3.8) is 0 Å². The van der Waals surface area contributed by atoms with Gasteiger partial charge in [-0.1, -0.05) is 13.8 Å². The van der Waals surface area contributed by atoms with E-state index in [0.717, 1.165) is 12.8 Å². The third-order valence-electron chi connectivity index (χ3n) is 4.20. The largest absolute Gasteiger partial charge is 0.370 e. The number of morpholine rings is 1. The van der Waals surface area contributed by atoms with Crippen molar-refractivity contribution in [2.75, 3.05) is 13.2 Å². The zero-order valence-corrected chi connectivity index (χ0v) is 11.7. The first-order valence-corrected chi connectivity index (χ1v) is 6.83. The van der Waals surface area contributed by atoms with Crippen LogP contribution in [0.3, 0.4) is 0 Å². The Morgan fingerprint density at radius 3 is 2.47 bits per heavy atom. The van der Waals surface area contributed by atoms with Crippen LogP contribution in [0.15, 0.2) is 12.1 Å². The third-order valence-corrected chi connectivity index (χ3v) is 4.20. The lowest BCUT2D eigenvalue weighted by molar-refractivity contribution is -0.0390. The van der Waals surface area contributed by atoms with Crippen molar-refractivity contribution in [2.24, 2.45) is 0 Å². The van der Waals surface area contributed by atoms with Crippen LogP contribution in [-0.2, 0) is 4.74 Å². The highest BCUT2D eigenvalue weighted by atomic mass is 19.1. The van der Waals surface area contributed by atoms with Crippen molar-refractivity contribution >= 4 is 0 Å². The SMILES string of the molecule is CCC1(CC)COC(c2cc(F)c(C)cc2F)CN1. The van der Waals surface area contributed by atoms with Crippen LogP contribution < -0.4 is 5.32 Å². The molecule has 1 N–H and O–H groups in total. The van der Waals surface area contributed by atoms with Crippen LogP contribution in [0.5, 0.6) is 0 Å². The molecule has 1 atom stereocenters. The van der Waals surface area contributed by atoms with Gasteiger partial charge in [0.05, 0.1) is 12.7 Å². The average molecular weight is 269 g/mol. The number of nitrogens with one attached hydrogen (secondary N) is 1. The van der Waals surface area contributed by atoms with E-state index < -0.39 is 11.9 Å². The molecule has 1 aliphatic heterocycles. The van der Waals surface area contributed by atoms with Crippen LogP contribution in [0.2, 0.25) is 0 Å². The van der Waals surface area contributed by atoms with Gasteiger partial charge in [0, 0.05) is 17.6 Å². The summed E-state index contributed by atoms with van der Waals surface area (Å²) in [4.78, 5) is 0. The van der Waals surface area contributed by atoms with Gasteiger partial charge in [-0.15, -0.1) is 0 Å². The van der Waals surface area contributed by atoms with Gasteiger partial charge in [-0.3, -0.25) is 0 Å². The monoisotopic (exact) mass is 269 g/mol. The topological polar surface area (TPSA) is 21.3 Å². The summed E-state index contributed by atoms with van der Waals surface area (Å²) in [7, 11) is 0. The maximum Gasteiger partial charge on any atom is 0.129 e. The van der Waals surface area contributed by atoms with Gasteiger partial charge in [-0.05, 0) is 37.5 Å². The van der Waals surface area contributed by atoms with Crippen molar-refractivity contribution in [1.82, 2.24) is 5.32 Å². The number of rotatable bonds is 3. The Labute approximate surface area is 113 Å². The molecule has 106 valence electrons. The van der Waals surface area contributed by atoms with E-state index in [0.29, 0.717) is 24.3 Å². The second kappa shape index (κ2) is 5.55. The van der Waals surface area contributed by atoms with Gasteiger partial charge >= 0.3 is 0 Å². The normalized spacial score (nSPS) is 22.5. The Bertz CT molecular complexity index is 448. The fourth-order valence-corrected chi connectivity index (χ4v) is 2.49. The molecule has 1 aromatic carbocycles. The lowest BCUT2D eigenvalue weighted by atomic mass is 9.91. The molecule has 4 heteroatoms. The Morgan fingerprint density at radius 2 is 1.95 bits per heavy atom. The quantitative estimate of drug-likeness (QED) is 0.907. The van der Waals surface area contributed by atoms with Crippen LogP contribution in [0.25, 0.3) is 0 Å². The molecule has 0 aromatic heterocycles. The molecule has 2 rings (SSSR count). The fourth-order valence-electron chi connectivity index (χ4n) is 2.49. The van der Waals surface area contributed by atoms with Crippen LogP contribution in [0, 0.1) is 18.6 Å². The second-order valence-electron chi connectivity index (χ2n) is 5.29. The molecule has 19 heavy (non-hydrogen) atoms. The average Bonchev–Trinajstić information content (AvgIpc) is 2.43. The smallest absolute Gasteiger partial charge is 0.129 e. The lowest BCUT2D eigenvalue weighted by Gasteiger charge is -2.40. The number of aryl methyl sites for hydroxylation is 1. The molecule has 0 bridgehead atoms. The van der Waals surface area contributed by atoms with Gasteiger partial charge in [-0.25, -0.2) is 8.78 Å². The van der Waals surface area contributed by atoms with Crippen LogP contribution in [-0.4, -0.2) is 18.7 Å². The molecule has 0 amide bonds. The standard InChI is InChI=1S/C15H21F2NO/c1-4-15(5-2)9-19-14(8-18-15)11-7-12(16)10(3)6-13(11)17/h6-7,14,18H,4-5,8-9H2,1-3H3. The molecule has 1 heterocycles. The zero-order valence-electron chi connectivity index (χ0n) is 11.7. The molecule has 1 saturated heterocycles. The summed E-state index contributed by atoms with van der Waals surface area (Å²) in [6, 6.07) is 2.48. The fraction of sp³-hybridized carbons (Fsp3) is 0.600. The first kappa shape index (κ1) is 14.4. The number of benzene rings is 1. The summed E-state index contributed by atoms with van der Waals surface area (Å²) in [6.07, 6.45) is 1.50. The predicted octanol–water partition coefficient (Wildman–Crippen LogP) is 3.49. The van der Waals surface area contributed by atoms with E-state index in [2.05, 4.69) is 19.2 Å². The van der Waals surface area contributed by atoms with Crippen molar-refractivity contribution in [3.05, 3.63) is 34.9 Å². The number of ether oxygens (including phenoxy) is 1. The summed E-state index contributed by atoms with van der Waals surface area (Å²) in [5.74, 6) is -0.783. The van der Waals surface area contributed by atoms with E-state index in [4.69, 9.17) is 4.74 Å². The van der Waals surface area contributed by atoms with E-state index in [-0.39, 0.29) is 11.4 Å². The molecular formula is C15H21F2NO. The second-order valence-corrected chi connectivity index (χ2v) is 5.29. The molecule has 1 unspecified atom stereocenters. The lowest BCUT2D eigenvalue weighted by Crippen LogP contribution is -2.54. The van der Waals surface area contributed by atoms with Gasteiger partial charge in [0.15, 0.2) is 0 Å². The Kier molecular flexibility index (Phi) is 4.21. The maximum atomic E-state index is 13.9. The molecule has 0 spiro atoms. The summed E-state index contributed by atoms with van der Waals surface area (Å²) >= 11 is 0. The van der Waals surface area contributed by atoms with Gasteiger partial charge in [-0.2, -0.15) is 0 Å². The molecule has 0 saturated carbocycles. The summed E-state index contributed by atoms with van der Waals surface area (Å²) in [5, 5.41) is 3.43. The molecule has 0 aliphatic carbocycles. The van der Waals surface area contributed by atoms with E-state index in [1.807, 2.05) is 0 Å². The van der Waals surface area contributed by atoms with Gasteiger partial charge < -0.3 is 10.1 Å². The zero-order chi connectivity index (χ0) is 14.0. The van der Waals surface area contributed by atoms with Crippen LogP contribution in [0.1, 0.15) is 43.9 Å². The third kappa shape index (κ3) is 2.79. The van der Waals surface area contributed by atoms with Crippen molar-refractivity contribution in [2.45, 2.75) is 45.3 Å². The van der Waals surface area contributed by atoms with E-state index in [9.17, 15) is 8.78 Å². The van der Waals surface area contributed by atoms with Crippen molar-refractivity contribution in [1.29, 1.82) is 0 Å². The Balaban J connectivity index is 2.16. The minimum absolute atomic E-state index is 0.0315. The molecule has 1 aliphatic rings. The number of hydrogen-bond donors (Lipinski definition) is 1. The molecular weight excluding hydrogens is 248 g/mol. The van der Waals surface area contributed by atoms with Crippen molar-refractivity contribution < 1.29 is 13.5 Å². The van der Waals surface area contributed by atoms with E-state index >= 15 is 0 Å². The highest BCUT2D eigenvalue weighted by Gasteiger charge is 2.34. The van der Waals surface area contributed by atoms with E-state index in [1.54, 1.807) is 6.92 Å².